The molecule has 110 valence electrons. The summed E-state index contributed by atoms with van der Waals surface area (Å²) < 4.78 is 5.64. The van der Waals surface area contributed by atoms with Crippen LogP contribution >= 0.6 is 11.6 Å². The van der Waals surface area contributed by atoms with Gasteiger partial charge in [0.1, 0.15) is 0 Å². The van der Waals surface area contributed by atoms with E-state index in [2.05, 4.69) is 10.2 Å². The third-order valence-corrected chi connectivity index (χ3v) is 3.49. The summed E-state index contributed by atoms with van der Waals surface area (Å²) in [6.45, 7) is 5.91. The molecule has 3 N–H and O–H groups in total. The van der Waals surface area contributed by atoms with Crippen molar-refractivity contribution in [2.45, 2.75) is 26.1 Å². The van der Waals surface area contributed by atoms with Gasteiger partial charge in [0.25, 0.3) is 0 Å². The largest absolute Gasteiger partial charge is 0.397 e. The summed E-state index contributed by atoms with van der Waals surface area (Å²) in [7, 11) is 0. The minimum atomic E-state index is -0.0620. The zero-order valence-corrected chi connectivity index (χ0v) is 12.5. The van der Waals surface area contributed by atoms with E-state index in [1.165, 1.54) is 0 Å². The number of hydrogen-bond donors (Lipinski definition) is 2. The Bertz CT molecular complexity index is 485. The van der Waals surface area contributed by atoms with Gasteiger partial charge in [0.05, 0.1) is 29.5 Å². The number of ether oxygens (including phenoxy) is 1. The third kappa shape index (κ3) is 4.10. The summed E-state index contributed by atoms with van der Waals surface area (Å²) in [4.78, 5) is 14.1. The van der Waals surface area contributed by atoms with Crippen LogP contribution in [0.4, 0.5) is 11.4 Å². The molecule has 20 heavy (non-hydrogen) atoms. The van der Waals surface area contributed by atoms with Crippen LogP contribution in [-0.2, 0) is 9.53 Å². The van der Waals surface area contributed by atoms with Gasteiger partial charge in [-0.25, -0.2) is 0 Å². The van der Waals surface area contributed by atoms with E-state index in [1.54, 1.807) is 18.2 Å². The monoisotopic (exact) mass is 297 g/mol. The number of nitrogens with one attached hydrogen (secondary N) is 1. The van der Waals surface area contributed by atoms with Gasteiger partial charge >= 0.3 is 0 Å². The first-order valence-electron chi connectivity index (χ1n) is 6.66. The zero-order valence-electron chi connectivity index (χ0n) is 11.7. The van der Waals surface area contributed by atoms with E-state index < -0.39 is 0 Å². The molecule has 0 spiro atoms. The lowest BCUT2D eigenvalue weighted by molar-refractivity contribution is -0.121. The Morgan fingerprint density at radius 2 is 2.10 bits per heavy atom. The predicted molar refractivity (Wildman–Crippen MR) is 80.9 cm³/mol. The van der Waals surface area contributed by atoms with Crippen LogP contribution in [0.2, 0.25) is 5.02 Å². The van der Waals surface area contributed by atoms with Gasteiger partial charge in [-0.15, -0.1) is 0 Å². The minimum Gasteiger partial charge on any atom is -0.397 e. The van der Waals surface area contributed by atoms with E-state index >= 15 is 0 Å². The number of halogens is 1. The fourth-order valence-electron chi connectivity index (χ4n) is 2.44. The van der Waals surface area contributed by atoms with Crippen LogP contribution in [0.3, 0.4) is 0 Å². The summed E-state index contributed by atoms with van der Waals surface area (Å²) in [5.41, 5.74) is 6.82. The van der Waals surface area contributed by atoms with Crippen molar-refractivity contribution in [1.29, 1.82) is 0 Å². The van der Waals surface area contributed by atoms with E-state index in [0.717, 1.165) is 13.1 Å². The van der Waals surface area contributed by atoms with Crippen LogP contribution in [0.15, 0.2) is 18.2 Å². The second kappa shape index (κ2) is 6.43. The number of benzene rings is 1. The topological polar surface area (TPSA) is 67.6 Å². The third-order valence-electron chi connectivity index (χ3n) is 3.14. The lowest BCUT2D eigenvalue weighted by Crippen LogP contribution is -2.48. The molecule has 0 bridgehead atoms. The second-order valence-corrected chi connectivity index (χ2v) is 5.64. The average Bonchev–Trinajstić information content (AvgIpc) is 2.32. The van der Waals surface area contributed by atoms with Gasteiger partial charge < -0.3 is 15.8 Å². The number of rotatable bonds is 3. The van der Waals surface area contributed by atoms with Crippen LogP contribution in [0, 0.1) is 0 Å². The van der Waals surface area contributed by atoms with Gasteiger partial charge in [-0.2, -0.15) is 0 Å². The zero-order chi connectivity index (χ0) is 14.7. The van der Waals surface area contributed by atoms with Gasteiger partial charge in [-0.3, -0.25) is 9.69 Å². The van der Waals surface area contributed by atoms with Crippen molar-refractivity contribution in [3.63, 3.8) is 0 Å². The van der Waals surface area contributed by atoms with Crippen molar-refractivity contribution in [1.82, 2.24) is 4.90 Å². The minimum absolute atomic E-state index is 0.0620. The predicted octanol–water partition coefficient (Wildman–Crippen LogP) is 1.97. The summed E-state index contributed by atoms with van der Waals surface area (Å²) >= 11 is 5.85. The number of carbonyl (C=O) groups excluding carboxylic acids is 1. The molecule has 2 rings (SSSR count). The van der Waals surface area contributed by atoms with Crippen molar-refractivity contribution >= 4 is 28.9 Å². The van der Waals surface area contributed by atoms with Crippen molar-refractivity contribution in [3.8, 4) is 0 Å². The molecule has 0 radical (unpaired) electrons. The molecule has 1 saturated heterocycles. The summed E-state index contributed by atoms with van der Waals surface area (Å²) in [6.07, 6.45) is 0.301. The van der Waals surface area contributed by atoms with Crippen molar-refractivity contribution in [2.75, 3.05) is 30.7 Å². The lowest BCUT2D eigenvalue weighted by atomic mass is 10.2. The molecule has 0 saturated carbocycles. The Hall–Kier alpha value is -1.30. The highest BCUT2D eigenvalue weighted by Gasteiger charge is 2.23. The van der Waals surface area contributed by atoms with E-state index in [4.69, 9.17) is 22.1 Å². The fourth-order valence-corrected chi connectivity index (χ4v) is 2.56. The Morgan fingerprint density at radius 1 is 1.45 bits per heavy atom. The number of amides is 1. The number of nitrogen functional groups attached to an aromatic ring is 1. The van der Waals surface area contributed by atoms with Gasteiger partial charge in [-0.1, -0.05) is 11.6 Å². The number of carbonyl (C=O) groups is 1. The molecule has 1 fully saturated rings. The molecule has 6 heteroatoms. The maximum atomic E-state index is 12.0. The van der Waals surface area contributed by atoms with E-state index in [9.17, 15) is 4.79 Å². The maximum Gasteiger partial charge on any atom is 0.238 e. The van der Waals surface area contributed by atoms with Gasteiger partial charge in [0.2, 0.25) is 5.91 Å². The first-order chi connectivity index (χ1) is 9.44. The molecule has 1 aromatic carbocycles. The Balaban J connectivity index is 1.90. The molecule has 1 aliphatic rings. The Morgan fingerprint density at radius 3 is 2.70 bits per heavy atom. The van der Waals surface area contributed by atoms with Gasteiger partial charge in [0.15, 0.2) is 0 Å². The smallest absolute Gasteiger partial charge is 0.238 e. The Labute approximate surface area is 124 Å². The lowest BCUT2D eigenvalue weighted by Gasteiger charge is -2.34. The van der Waals surface area contributed by atoms with Crippen LogP contribution in [-0.4, -0.2) is 42.6 Å². The molecule has 1 aromatic rings. The van der Waals surface area contributed by atoms with Gasteiger partial charge in [-0.05, 0) is 32.0 Å². The highest BCUT2D eigenvalue weighted by atomic mass is 35.5. The van der Waals surface area contributed by atoms with E-state index in [0.29, 0.717) is 22.9 Å². The molecule has 0 unspecified atom stereocenters. The van der Waals surface area contributed by atoms with Crippen LogP contribution in [0.25, 0.3) is 0 Å². The summed E-state index contributed by atoms with van der Waals surface area (Å²) in [5, 5.41) is 3.31. The quantitative estimate of drug-likeness (QED) is 0.837. The highest BCUT2D eigenvalue weighted by Crippen LogP contribution is 2.22. The molecule has 2 atom stereocenters. The highest BCUT2D eigenvalue weighted by molar-refractivity contribution is 6.33. The summed E-state index contributed by atoms with van der Waals surface area (Å²) in [6, 6.07) is 5.07. The van der Waals surface area contributed by atoms with Crippen molar-refractivity contribution in [3.05, 3.63) is 23.2 Å². The first kappa shape index (κ1) is 15.1. The normalized spacial score (nSPS) is 23.6. The standard InChI is InChI=1S/C14H20ClN3O2/c1-9-6-18(7-10(2)20-9)8-14(19)17-11-3-4-12(15)13(16)5-11/h3-5,9-10H,6-8,16H2,1-2H3,(H,17,19)/t9-,10+. The summed E-state index contributed by atoms with van der Waals surface area (Å²) in [5.74, 6) is -0.0620. The molecule has 0 aromatic heterocycles. The molecule has 0 aliphatic carbocycles. The molecular weight excluding hydrogens is 278 g/mol. The van der Waals surface area contributed by atoms with E-state index in [1.807, 2.05) is 13.8 Å². The van der Waals surface area contributed by atoms with Crippen LogP contribution < -0.4 is 11.1 Å². The molecule has 1 amide bonds. The maximum absolute atomic E-state index is 12.0. The number of anilines is 2. The molecule has 1 aliphatic heterocycles. The average molecular weight is 298 g/mol. The molecule has 1 heterocycles. The van der Waals surface area contributed by atoms with Crippen LogP contribution in [0.1, 0.15) is 13.8 Å². The first-order valence-corrected chi connectivity index (χ1v) is 7.04. The number of hydrogen-bond acceptors (Lipinski definition) is 4. The van der Waals surface area contributed by atoms with Gasteiger partial charge in [0, 0.05) is 18.8 Å². The second-order valence-electron chi connectivity index (χ2n) is 5.24. The molecular formula is C14H20ClN3O2. The Kier molecular flexibility index (Phi) is 4.86. The molecule has 5 nitrogen and oxygen atoms in total. The van der Waals surface area contributed by atoms with Crippen molar-refractivity contribution < 1.29 is 9.53 Å². The SMILES string of the molecule is C[C@@H]1CN(CC(=O)Nc2ccc(Cl)c(N)c2)C[C@H](C)O1. The van der Waals surface area contributed by atoms with Crippen LogP contribution in [0.5, 0.6) is 0 Å². The van der Waals surface area contributed by atoms with Crippen molar-refractivity contribution in [2.24, 2.45) is 0 Å². The fraction of sp³-hybridized carbons (Fsp3) is 0.500. The number of morpholine rings is 1. The number of nitrogens with zero attached hydrogens (tertiary/aromatic N) is 1. The van der Waals surface area contributed by atoms with E-state index in [-0.39, 0.29) is 18.1 Å². The number of nitrogens with two attached hydrogens (primary N) is 1.